The molecule has 6 heteroatoms. The van der Waals surface area contributed by atoms with Gasteiger partial charge in [-0.1, -0.05) is 25.7 Å². The Morgan fingerprint density at radius 3 is 2.90 bits per heavy atom. The minimum absolute atomic E-state index is 0.223. The Balaban J connectivity index is 3.13. The number of aromatic amines is 1. The zero-order valence-electron chi connectivity index (χ0n) is 5.00. The largest absolute Gasteiger partial charge is 0.388 e. The van der Waals surface area contributed by atoms with Crippen LogP contribution in [0.5, 0.6) is 0 Å². The number of halogens is 1. The fraction of sp³-hybridized carbons (Fsp3) is 0.500. The minimum atomic E-state index is -0.223. The number of hydrogen-bond donors (Lipinski definition) is 2. The molecular weight excluding hydrogens is 204 g/mol. The Kier molecular flexibility index (Phi) is 2.23. The van der Waals surface area contributed by atoms with Gasteiger partial charge in [0.05, 0.1) is 5.33 Å². The van der Waals surface area contributed by atoms with E-state index in [1.54, 1.807) is 0 Å². The van der Waals surface area contributed by atoms with Gasteiger partial charge in [-0.15, -0.1) is 0 Å². The summed E-state index contributed by atoms with van der Waals surface area (Å²) in [4.78, 5) is 10.6. The van der Waals surface area contributed by atoms with Crippen molar-refractivity contribution in [3.05, 3.63) is 16.3 Å². The number of H-pyrrole nitrogens is 1. The summed E-state index contributed by atoms with van der Waals surface area (Å²) >= 11 is 3.07. The third-order valence-electron chi connectivity index (χ3n) is 1.11. The number of aliphatic hydroxyl groups excluding tert-OH is 1. The van der Waals surface area contributed by atoms with Gasteiger partial charge in [0.25, 0.3) is 5.69 Å². The average Bonchev–Trinajstić information content (AvgIpc) is 2.30. The highest BCUT2D eigenvalue weighted by Gasteiger charge is 2.16. The molecule has 0 aliphatic heterocycles. The van der Waals surface area contributed by atoms with E-state index in [9.17, 15) is 4.91 Å². The van der Waals surface area contributed by atoms with E-state index in [0.717, 1.165) is 0 Å². The molecule has 1 heterocycles. The molecule has 0 saturated carbocycles. The van der Waals surface area contributed by atoms with Gasteiger partial charge in [-0.25, -0.2) is 0 Å². The molecule has 0 aromatic carbocycles. The molecular formula is C4H6BrN2O3+. The van der Waals surface area contributed by atoms with Crippen molar-refractivity contribution in [1.82, 2.24) is 5.16 Å². The summed E-state index contributed by atoms with van der Waals surface area (Å²) in [7, 11) is 0. The van der Waals surface area contributed by atoms with Crippen molar-refractivity contribution >= 4 is 15.9 Å². The van der Waals surface area contributed by atoms with Crippen LogP contribution in [0.2, 0.25) is 0 Å². The predicted molar refractivity (Wildman–Crippen MR) is 35.0 cm³/mol. The highest BCUT2D eigenvalue weighted by atomic mass is 79.9. The standard InChI is InChI=1S/C4H6BrN2O3/c5-1-4-3(2-8)6-10-7(4)9/h6,8H,1-2H2/q+1. The maximum absolute atomic E-state index is 10.6. The van der Waals surface area contributed by atoms with Crippen molar-refractivity contribution in [1.29, 1.82) is 0 Å². The highest BCUT2D eigenvalue weighted by Crippen LogP contribution is 2.03. The molecule has 2 N–H and O–H groups in total. The van der Waals surface area contributed by atoms with Crippen molar-refractivity contribution in [3.8, 4) is 0 Å². The summed E-state index contributed by atoms with van der Waals surface area (Å²) < 4.78 is 4.64. The van der Waals surface area contributed by atoms with E-state index in [-0.39, 0.29) is 6.61 Å². The van der Waals surface area contributed by atoms with Crippen LogP contribution in [0.3, 0.4) is 0 Å². The molecule has 5 nitrogen and oxygen atoms in total. The van der Waals surface area contributed by atoms with Gasteiger partial charge in [0.1, 0.15) is 6.61 Å². The predicted octanol–water partition coefficient (Wildman–Crippen LogP) is -0.0906. The SMILES string of the molecule is O=[n+]1o[nH]c(CO)c1CBr. The molecule has 56 valence electrons. The summed E-state index contributed by atoms with van der Waals surface area (Å²) in [6, 6.07) is 0. The van der Waals surface area contributed by atoms with Gasteiger partial charge in [0.15, 0.2) is 4.60 Å². The first kappa shape index (κ1) is 7.49. The van der Waals surface area contributed by atoms with Crippen LogP contribution in [-0.2, 0) is 11.9 Å². The van der Waals surface area contributed by atoms with Crippen LogP contribution in [0.1, 0.15) is 11.4 Å². The molecule has 0 unspecified atom stereocenters. The van der Waals surface area contributed by atoms with E-state index in [2.05, 4.69) is 25.7 Å². The Morgan fingerprint density at radius 1 is 1.80 bits per heavy atom. The molecule has 1 aromatic rings. The van der Waals surface area contributed by atoms with Crippen LogP contribution in [0.25, 0.3) is 0 Å². The lowest BCUT2D eigenvalue weighted by Crippen LogP contribution is -2.15. The summed E-state index contributed by atoms with van der Waals surface area (Å²) in [6.45, 7) is -0.223. The Morgan fingerprint density at radius 2 is 2.50 bits per heavy atom. The van der Waals surface area contributed by atoms with E-state index in [4.69, 9.17) is 5.11 Å². The number of nitrogens with zero attached hydrogens (tertiary/aromatic N) is 1. The van der Waals surface area contributed by atoms with Crippen molar-refractivity contribution in [2.45, 2.75) is 11.9 Å². The van der Waals surface area contributed by atoms with E-state index in [1.807, 2.05) is 0 Å². The second-order valence-corrected chi connectivity index (χ2v) is 2.23. The first-order chi connectivity index (χ1) is 4.79. The van der Waals surface area contributed by atoms with Gasteiger partial charge in [-0.3, -0.25) is 0 Å². The first-order valence-electron chi connectivity index (χ1n) is 2.58. The van der Waals surface area contributed by atoms with Crippen molar-refractivity contribution in [3.63, 3.8) is 0 Å². The Hall–Kier alpha value is -0.620. The topological polar surface area (TPSA) is 72.1 Å². The van der Waals surface area contributed by atoms with E-state index < -0.39 is 0 Å². The second kappa shape index (κ2) is 2.98. The van der Waals surface area contributed by atoms with Crippen LogP contribution < -0.4 is 4.60 Å². The molecule has 0 amide bonds. The van der Waals surface area contributed by atoms with Crippen LogP contribution in [0.4, 0.5) is 0 Å². The molecule has 10 heavy (non-hydrogen) atoms. The third kappa shape index (κ3) is 1.12. The summed E-state index contributed by atoms with van der Waals surface area (Å²) in [5.74, 6) is 0. The summed E-state index contributed by atoms with van der Waals surface area (Å²) in [5.41, 5.74) is 0.759. The molecule has 0 aliphatic carbocycles. The molecule has 0 spiro atoms. The number of nitrogens with one attached hydrogen (secondary N) is 1. The van der Waals surface area contributed by atoms with Gasteiger partial charge in [0, 0.05) is 0 Å². The number of hydrogen-bond acceptors (Lipinski definition) is 3. The molecule has 0 fully saturated rings. The molecule has 0 bridgehead atoms. The fourth-order valence-corrected chi connectivity index (χ4v) is 1.12. The van der Waals surface area contributed by atoms with Crippen molar-refractivity contribution in [2.75, 3.05) is 0 Å². The first-order valence-corrected chi connectivity index (χ1v) is 3.70. The van der Waals surface area contributed by atoms with Gasteiger partial charge >= 0.3 is 0 Å². The third-order valence-corrected chi connectivity index (χ3v) is 1.64. The van der Waals surface area contributed by atoms with Crippen molar-refractivity contribution < 1.29 is 14.3 Å². The lowest BCUT2D eigenvalue weighted by molar-refractivity contribution is -0.718. The smallest absolute Gasteiger partial charge is 0.257 e. The van der Waals surface area contributed by atoms with E-state index in [1.165, 1.54) is 0 Å². The number of aromatic nitrogens is 2. The van der Waals surface area contributed by atoms with E-state index >= 15 is 0 Å². The fourth-order valence-electron chi connectivity index (χ4n) is 0.574. The second-order valence-electron chi connectivity index (χ2n) is 1.67. The highest BCUT2D eigenvalue weighted by molar-refractivity contribution is 9.08. The lowest BCUT2D eigenvalue weighted by atomic mass is 10.4. The zero-order chi connectivity index (χ0) is 7.56. The summed E-state index contributed by atoms with van der Waals surface area (Å²) in [6.07, 6.45) is 0. The van der Waals surface area contributed by atoms with Gasteiger partial charge in [-0.2, -0.15) is 0 Å². The maximum Gasteiger partial charge on any atom is 0.257 e. The maximum atomic E-state index is 10.6. The monoisotopic (exact) mass is 209 g/mol. The number of aliphatic hydroxyl groups is 1. The molecule has 1 aromatic heterocycles. The van der Waals surface area contributed by atoms with Crippen LogP contribution in [0.15, 0.2) is 4.63 Å². The summed E-state index contributed by atoms with van der Waals surface area (Å²) in [5, 5.41) is 11.2. The number of alkyl halides is 1. The van der Waals surface area contributed by atoms with E-state index in [0.29, 0.717) is 21.3 Å². The number of rotatable bonds is 2. The van der Waals surface area contributed by atoms with Crippen LogP contribution in [-0.4, -0.2) is 10.3 Å². The van der Waals surface area contributed by atoms with Gasteiger partial charge in [-0.05, 0) is 4.91 Å². The molecule has 0 radical (unpaired) electrons. The molecule has 0 atom stereocenters. The quantitative estimate of drug-likeness (QED) is 0.670. The average molecular weight is 210 g/mol. The minimum Gasteiger partial charge on any atom is -0.388 e. The Labute approximate surface area is 64.3 Å². The molecule has 1 rings (SSSR count). The normalized spacial score (nSPS) is 10.2. The van der Waals surface area contributed by atoms with Gasteiger partial charge < -0.3 is 5.11 Å². The molecule has 0 aliphatic rings. The van der Waals surface area contributed by atoms with Gasteiger partial charge in [0.2, 0.25) is 5.69 Å². The lowest BCUT2D eigenvalue weighted by Gasteiger charge is -1.79. The van der Waals surface area contributed by atoms with Crippen LogP contribution >= 0.6 is 15.9 Å². The molecule has 0 saturated heterocycles. The Bertz CT molecular complexity index is 266. The van der Waals surface area contributed by atoms with Crippen molar-refractivity contribution in [2.24, 2.45) is 0 Å². The zero-order valence-corrected chi connectivity index (χ0v) is 6.59. The van der Waals surface area contributed by atoms with Crippen LogP contribution in [0, 0.1) is 4.91 Å².